The molecule has 0 saturated carbocycles. The Hall–Kier alpha value is -3.25. The van der Waals surface area contributed by atoms with Crippen LogP contribution in [0.1, 0.15) is 40.7 Å². The van der Waals surface area contributed by atoms with Crippen molar-refractivity contribution in [1.29, 1.82) is 5.26 Å². The van der Waals surface area contributed by atoms with Gasteiger partial charge >= 0.3 is 0 Å². The van der Waals surface area contributed by atoms with Gasteiger partial charge in [0.1, 0.15) is 23.3 Å². The lowest BCUT2D eigenvalue weighted by molar-refractivity contribution is 0.576. The van der Waals surface area contributed by atoms with Crippen molar-refractivity contribution in [3.8, 4) is 6.07 Å². The van der Waals surface area contributed by atoms with E-state index in [9.17, 15) is 8.78 Å². The molecule has 0 aliphatic heterocycles. The molecule has 3 aromatic rings. The molecule has 1 atom stereocenters. The van der Waals surface area contributed by atoms with E-state index in [1.54, 1.807) is 12.2 Å². The molecule has 0 unspecified atom stereocenters. The van der Waals surface area contributed by atoms with Gasteiger partial charge in [-0.3, -0.25) is 0 Å². The number of nitriles is 1. The molecule has 0 heterocycles. The second kappa shape index (κ2) is 8.42. The average molecular weight is 359 g/mol. The van der Waals surface area contributed by atoms with Gasteiger partial charge in [-0.2, -0.15) is 5.26 Å². The Labute approximate surface area is 158 Å². The minimum atomic E-state index is -0.845. The summed E-state index contributed by atoms with van der Waals surface area (Å²) >= 11 is 0. The van der Waals surface area contributed by atoms with Crippen LogP contribution in [-0.2, 0) is 6.42 Å². The first-order valence-corrected chi connectivity index (χ1v) is 8.78. The van der Waals surface area contributed by atoms with Gasteiger partial charge in [0, 0.05) is 0 Å². The molecule has 0 fully saturated rings. The van der Waals surface area contributed by atoms with Crippen molar-refractivity contribution in [2.75, 3.05) is 0 Å². The smallest absolute Gasteiger partial charge is 0.144 e. The Morgan fingerprint density at radius 3 is 2.07 bits per heavy atom. The highest BCUT2D eigenvalue weighted by Crippen LogP contribution is 2.21. The van der Waals surface area contributed by atoms with Crippen LogP contribution in [0.2, 0.25) is 0 Å². The second-order valence-corrected chi connectivity index (χ2v) is 6.56. The summed E-state index contributed by atoms with van der Waals surface area (Å²) in [6.07, 6.45) is 4.37. The lowest BCUT2D eigenvalue weighted by Gasteiger charge is -2.12. The molecule has 0 aliphatic rings. The molecule has 0 amide bonds. The SMILES string of the molecule is C[C@H](Cc1ccc(C=Cc2cc(F)c(C#N)c(F)c2)cc1)c1ccccc1. The Bertz CT molecular complexity index is 960. The van der Waals surface area contributed by atoms with Crippen molar-refractivity contribution in [2.45, 2.75) is 19.3 Å². The number of rotatable bonds is 5. The first-order valence-electron chi connectivity index (χ1n) is 8.78. The van der Waals surface area contributed by atoms with Crippen molar-refractivity contribution in [1.82, 2.24) is 0 Å². The maximum absolute atomic E-state index is 13.7. The molecule has 0 bridgehead atoms. The Balaban J connectivity index is 1.69. The topological polar surface area (TPSA) is 23.8 Å². The monoisotopic (exact) mass is 359 g/mol. The van der Waals surface area contributed by atoms with Gasteiger partial charge in [0.25, 0.3) is 0 Å². The molecule has 1 nitrogen and oxygen atoms in total. The lowest BCUT2D eigenvalue weighted by Crippen LogP contribution is -1.98. The maximum Gasteiger partial charge on any atom is 0.144 e. The number of hydrogen-bond donors (Lipinski definition) is 0. The molecule has 3 aromatic carbocycles. The van der Waals surface area contributed by atoms with Crippen LogP contribution in [0.5, 0.6) is 0 Å². The van der Waals surface area contributed by atoms with Crippen LogP contribution in [0, 0.1) is 23.0 Å². The summed E-state index contributed by atoms with van der Waals surface area (Å²) in [5, 5.41) is 8.71. The summed E-state index contributed by atoms with van der Waals surface area (Å²) < 4.78 is 27.3. The standard InChI is InChI=1S/C24H19F2N/c1-17(21-5-3-2-4-6-21)13-19-10-7-18(8-11-19)9-12-20-14-23(25)22(16-27)24(26)15-20/h2-12,14-15,17H,13H2,1H3/t17-/m1/s1. The fourth-order valence-electron chi connectivity index (χ4n) is 3.01. The molecule has 0 spiro atoms. The van der Waals surface area contributed by atoms with Crippen LogP contribution in [0.15, 0.2) is 66.7 Å². The highest BCUT2D eigenvalue weighted by molar-refractivity contribution is 5.70. The normalized spacial score (nSPS) is 12.1. The quantitative estimate of drug-likeness (QED) is 0.487. The van der Waals surface area contributed by atoms with E-state index in [1.807, 2.05) is 18.2 Å². The Kier molecular flexibility index (Phi) is 5.78. The predicted molar refractivity (Wildman–Crippen MR) is 105 cm³/mol. The van der Waals surface area contributed by atoms with E-state index in [0.29, 0.717) is 11.5 Å². The van der Waals surface area contributed by atoms with Crippen LogP contribution in [0.4, 0.5) is 8.78 Å². The lowest BCUT2D eigenvalue weighted by atomic mass is 9.93. The average Bonchev–Trinajstić information content (AvgIpc) is 2.68. The van der Waals surface area contributed by atoms with Gasteiger partial charge in [0.05, 0.1) is 0 Å². The third kappa shape index (κ3) is 4.68. The fourth-order valence-corrected chi connectivity index (χ4v) is 3.01. The molecule has 0 aliphatic carbocycles. The number of nitrogens with zero attached hydrogens (tertiary/aromatic N) is 1. The van der Waals surface area contributed by atoms with Crippen LogP contribution >= 0.6 is 0 Å². The molecule has 0 radical (unpaired) electrons. The molecular formula is C24H19F2N. The molecule has 3 heteroatoms. The van der Waals surface area contributed by atoms with Crippen molar-refractivity contribution in [2.24, 2.45) is 0 Å². The molecule has 0 aromatic heterocycles. The van der Waals surface area contributed by atoms with Gasteiger partial charge < -0.3 is 0 Å². The Morgan fingerprint density at radius 1 is 0.889 bits per heavy atom. The second-order valence-electron chi connectivity index (χ2n) is 6.56. The summed E-state index contributed by atoms with van der Waals surface area (Å²) in [5.74, 6) is -1.26. The van der Waals surface area contributed by atoms with Gasteiger partial charge in [0.2, 0.25) is 0 Å². The molecule has 3 rings (SSSR count). The first kappa shape index (κ1) is 18.5. The van der Waals surface area contributed by atoms with Gasteiger partial charge in [0.15, 0.2) is 0 Å². The van der Waals surface area contributed by atoms with E-state index in [2.05, 4.69) is 43.3 Å². The summed E-state index contributed by atoms with van der Waals surface area (Å²) in [4.78, 5) is 0. The molecule has 0 saturated heterocycles. The largest absolute Gasteiger partial charge is 0.205 e. The molecule has 27 heavy (non-hydrogen) atoms. The fraction of sp³-hybridized carbons (Fsp3) is 0.125. The first-order chi connectivity index (χ1) is 13.1. The van der Waals surface area contributed by atoms with Crippen molar-refractivity contribution in [3.05, 3.63) is 106 Å². The van der Waals surface area contributed by atoms with E-state index < -0.39 is 17.2 Å². The third-order valence-corrected chi connectivity index (χ3v) is 4.53. The van der Waals surface area contributed by atoms with Crippen LogP contribution in [0.3, 0.4) is 0 Å². The molecule has 134 valence electrons. The minimum Gasteiger partial charge on any atom is -0.205 e. The van der Waals surface area contributed by atoms with Gasteiger partial charge in [-0.1, -0.05) is 73.7 Å². The Morgan fingerprint density at radius 2 is 1.48 bits per heavy atom. The zero-order valence-electron chi connectivity index (χ0n) is 15.0. The van der Waals surface area contributed by atoms with Crippen LogP contribution < -0.4 is 0 Å². The summed E-state index contributed by atoms with van der Waals surface area (Å²) in [6.45, 7) is 2.21. The highest BCUT2D eigenvalue weighted by Gasteiger charge is 2.09. The minimum absolute atomic E-state index is 0.380. The van der Waals surface area contributed by atoms with Gasteiger partial charge in [-0.25, -0.2) is 8.78 Å². The predicted octanol–water partition coefficient (Wildman–Crippen LogP) is 6.35. The van der Waals surface area contributed by atoms with Gasteiger partial charge in [-0.05, 0) is 46.7 Å². The van der Waals surface area contributed by atoms with Crippen molar-refractivity contribution in [3.63, 3.8) is 0 Å². The van der Waals surface area contributed by atoms with E-state index in [4.69, 9.17) is 5.26 Å². The van der Waals surface area contributed by atoms with E-state index in [-0.39, 0.29) is 0 Å². The highest BCUT2D eigenvalue weighted by atomic mass is 19.1. The number of halogens is 2. The number of benzene rings is 3. The summed E-state index contributed by atoms with van der Waals surface area (Å²) in [7, 11) is 0. The summed E-state index contributed by atoms with van der Waals surface area (Å²) in [5.41, 5.74) is 3.32. The summed E-state index contributed by atoms with van der Waals surface area (Å²) in [6, 6.07) is 22.3. The third-order valence-electron chi connectivity index (χ3n) is 4.53. The van der Waals surface area contributed by atoms with Crippen molar-refractivity contribution >= 4 is 12.2 Å². The molecular weight excluding hydrogens is 340 g/mol. The van der Waals surface area contributed by atoms with Crippen LogP contribution in [-0.4, -0.2) is 0 Å². The number of hydrogen-bond acceptors (Lipinski definition) is 1. The van der Waals surface area contributed by atoms with Crippen molar-refractivity contribution < 1.29 is 8.78 Å². The van der Waals surface area contributed by atoms with E-state index in [0.717, 1.165) is 24.1 Å². The zero-order valence-corrected chi connectivity index (χ0v) is 15.0. The molecule has 0 N–H and O–H groups in total. The van der Waals surface area contributed by atoms with E-state index in [1.165, 1.54) is 17.2 Å². The maximum atomic E-state index is 13.7. The van der Waals surface area contributed by atoms with Gasteiger partial charge in [-0.15, -0.1) is 0 Å². The van der Waals surface area contributed by atoms with E-state index >= 15 is 0 Å². The van der Waals surface area contributed by atoms with Crippen LogP contribution in [0.25, 0.3) is 12.2 Å². The zero-order chi connectivity index (χ0) is 19.2.